The summed E-state index contributed by atoms with van der Waals surface area (Å²) in [4.78, 5) is 14.0. The van der Waals surface area contributed by atoms with Gasteiger partial charge in [0.25, 0.3) is 0 Å². The average Bonchev–Trinajstić information content (AvgIpc) is 2.42. The number of anilines is 1. The van der Waals surface area contributed by atoms with E-state index in [-0.39, 0.29) is 18.1 Å². The smallest absolute Gasteiger partial charge is 0.238 e. The van der Waals surface area contributed by atoms with E-state index in [2.05, 4.69) is 10.2 Å². The molecule has 1 atom stereocenters. The van der Waals surface area contributed by atoms with Gasteiger partial charge in [-0.25, -0.2) is 4.39 Å². The van der Waals surface area contributed by atoms with Crippen LogP contribution in [0.4, 0.5) is 10.1 Å². The van der Waals surface area contributed by atoms with Crippen LogP contribution in [-0.2, 0) is 4.79 Å². The fourth-order valence-corrected chi connectivity index (χ4v) is 2.63. The van der Waals surface area contributed by atoms with Gasteiger partial charge in [0.1, 0.15) is 5.82 Å². The highest BCUT2D eigenvalue weighted by atomic mass is 35.5. The van der Waals surface area contributed by atoms with Crippen LogP contribution in [0.1, 0.15) is 12.8 Å². The molecular formula is C14H19ClFN3O. The number of hydrogen-bond acceptors (Lipinski definition) is 3. The summed E-state index contributed by atoms with van der Waals surface area (Å²) in [6, 6.07) is 4.20. The van der Waals surface area contributed by atoms with Crippen molar-refractivity contribution in [1.82, 2.24) is 4.90 Å². The molecule has 1 aromatic carbocycles. The molecule has 3 N–H and O–H groups in total. The van der Waals surface area contributed by atoms with E-state index in [9.17, 15) is 9.18 Å². The minimum absolute atomic E-state index is 0.159. The quantitative estimate of drug-likeness (QED) is 0.895. The van der Waals surface area contributed by atoms with E-state index in [1.165, 1.54) is 12.1 Å². The van der Waals surface area contributed by atoms with Gasteiger partial charge in [-0.3, -0.25) is 9.69 Å². The molecule has 4 nitrogen and oxygen atoms in total. The van der Waals surface area contributed by atoms with Crippen LogP contribution in [0, 0.1) is 11.7 Å². The first-order valence-corrected chi connectivity index (χ1v) is 7.13. The van der Waals surface area contributed by atoms with Gasteiger partial charge in [0, 0.05) is 11.6 Å². The van der Waals surface area contributed by atoms with E-state index in [4.69, 9.17) is 17.3 Å². The van der Waals surface area contributed by atoms with Crippen LogP contribution in [0.3, 0.4) is 0 Å². The van der Waals surface area contributed by atoms with Crippen LogP contribution >= 0.6 is 11.6 Å². The highest BCUT2D eigenvalue weighted by Gasteiger charge is 2.20. The van der Waals surface area contributed by atoms with Gasteiger partial charge < -0.3 is 11.1 Å². The molecule has 1 aliphatic rings. The predicted octanol–water partition coefficient (Wildman–Crippen LogP) is 2.09. The molecule has 0 spiro atoms. The summed E-state index contributed by atoms with van der Waals surface area (Å²) < 4.78 is 13.6. The van der Waals surface area contributed by atoms with Crippen molar-refractivity contribution in [2.24, 2.45) is 11.7 Å². The average molecular weight is 300 g/mol. The summed E-state index contributed by atoms with van der Waals surface area (Å²) in [6.45, 7) is 2.61. The maximum absolute atomic E-state index is 13.6. The third kappa shape index (κ3) is 4.16. The van der Waals surface area contributed by atoms with Crippen molar-refractivity contribution in [2.45, 2.75) is 12.8 Å². The van der Waals surface area contributed by atoms with E-state index >= 15 is 0 Å². The van der Waals surface area contributed by atoms with Gasteiger partial charge in [-0.1, -0.05) is 11.6 Å². The third-order valence-corrected chi connectivity index (χ3v) is 3.74. The minimum Gasteiger partial charge on any atom is -0.330 e. The molecule has 1 aromatic rings. The monoisotopic (exact) mass is 299 g/mol. The Bertz CT molecular complexity index is 483. The normalized spacial score (nSPS) is 19.9. The Morgan fingerprint density at radius 1 is 1.55 bits per heavy atom. The lowest BCUT2D eigenvalue weighted by atomic mass is 9.98. The molecule has 110 valence electrons. The second-order valence-corrected chi connectivity index (χ2v) is 5.59. The fourth-order valence-electron chi connectivity index (χ4n) is 2.47. The number of nitrogens with two attached hydrogens (primary N) is 1. The minimum atomic E-state index is -0.524. The second kappa shape index (κ2) is 7.02. The number of halogens is 2. The molecule has 1 heterocycles. The maximum Gasteiger partial charge on any atom is 0.238 e. The zero-order valence-corrected chi connectivity index (χ0v) is 12.0. The number of carbonyl (C=O) groups excluding carboxylic acids is 1. The van der Waals surface area contributed by atoms with Crippen molar-refractivity contribution in [3.05, 3.63) is 29.0 Å². The Labute approximate surface area is 123 Å². The molecule has 0 aromatic heterocycles. The number of hydrogen-bond donors (Lipinski definition) is 2. The number of piperidine rings is 1. The molecule has 1 amide bonds. The van der Waals surface area contributed by atoms with Crippen molar-refractivity contribution in [1.29, 1.82) is 0 Å². The fraction of sp³-hybridized carbons (Fsp3) is 0.500. The Balaban J connectivity index is 1.88. The van der Waals surface area contributed by atoms with Crippen LogP contribution in [0.2, 0.25) is 5.02 Å². The van der Waals surface area contributed by atoms with Gasteiger partial charge in [-0.05, 0) is 50.0 Å². The zero-order valence-electron chi connectivity index (χ0n) is 11.2. The molecule has 0 aliphatic carbocycles. The number of benzene rings is 1. The van der Waals surface area contributed by atoms with E-state index in [0.29, 0.717) is 17.5 Å². The highest BCUT2D eigenvalue weighted by molar-refractivity contribution is 6.30. The number of rotatable bonds is 4. The van der Waals surface area contributed by atoms with Crippen molar-refractivity contribution >= 4 is 23.2 Å². The lowest BCUT2D eigenvalue weighted by Crippen LogP contribution is -2.42. The molecule has 1 fully saturated rings. The van der Waals surface area contributed by atoms with Gasteiger partial charge in [0.2, 0.25) is 5.91 Å². The van der Waals surface area contributed by atoms with Crippen LogP contribution < -0.4 is 11.1 Å². The molecule has 6 heteroatoms. The topological polar surface area (TPSA) is 58.4 Å². The molecule has 1 aliphatic heterocycles. The van der Waals surface area contributed by atoms with Crippen molar-refractivity contribution in [3.63, 3.8) is 0 Å². The lowest BCUT2D eigenvalue weighted by Gasteiger charge is -2.31. The van der Waals surface area contributed by atoms with Gasteiger partial charge in [-0.2, -0.15) is 0 Å². The number of amides is 1. The SMILES string of the molecule is NCC1CCCN(CC(=O)Nc2ccc(Cl)cc2F)C1. The molecular weight excluding hydrogens is 281 g/mol. The van der Waals surface area contributed by atoms with E-state index in [0.717, 1.165) is 25.9 Å². The highest BCUT2D eigenvalue weighted by Crippen LogP contribution is 2.19. The van der Waals surface area contributed by atoms with Crippen molar-refractivity contribution in [2.75, 3.05) is 31.5 Å². The zero-order chi connectivity index (χ0) is 14.5. The van der Waals surface area contributed by atoms with Gasteiger partial charge in [-0.15, -0.1) is 0 Å². The van der Waals surface area contributed by atoms with E-state index < -0.39 is 5.82 Å². The molecule has 0 saturated carbocycles. The first kappa shape index (κ1) is 15.2. The first-order chi connectivity index (χ1) is 9.58. The van der Waals surface area contributed by atoms with Crippen LogP contribution in [0.15, 0.2) is 18.2 Å². The largest absolute Gasteiger partial charge is 0.330 e. The Morgan fingerprint density at radius 3 is 3.05 bits per heavy atom. The van der Waals surface area contributed by atoms with Gasteiger partial charge in [0.15, 0.2) is 0 Å². The van der Waals surface area contributed by atoms with Gasteiger partial charge in [0.05, 0.1) is 12.2 Å². The van der Waals surface area contributed by atoms with Crippen LogP contribution in [0.25, 0.3) is 0 Å². The summed E-state index contributed by atoms with van der Waals surface area (Å²) in [6.07, 6.45) is 2.16. The molecule has 0 radical (unpaired) electrons. The molecule has 2 rings (SSSR count). The summed E-state index contributed by atoms with van der Waals surface area (Å²) in [5.41, 5.74) is 5.82. The standard InChI is InChI=1S/C14H19ClFN3O/c15-11-3-4-13(12(16)6-11)18-14(20)9-19-5-1-2-10(7-17)8-19/h3-4,6,10H,1-2,5,7-9,17H2,(H,18,20). The van der Waals surface area contributed by atoms with E-state index in [1.807, 2.05) is 0 Å². The third-order valence-electron chi connectivity index (χ3n) is 3.51. The molecule has 1 saturated heterocycles. The Morgan fingerprint density at radius 2 is 2.35 bits per heavy atom. The Kier molecular flexibility index (Phi) is 5.34. The van der Waals surface area contributed by atoms with Crippen LogP contribution in [0.5, 0.6) is 0 Å². The number of likely N-dealkylation sites (tertiary alicyclic amines) is 1. The lowest BCUT2D eigenvalue weighted by molar-refractivity contribution is -0.117. The summed E-state index contributed by atoms with van der Waals surface area (Å²) in [5.74, 6) is -0.294. The van der Waals surface area contributed by atoms with Crippen molar-refractivity contribution in [3.8, 4) is 0 Å². The predicted molar refractivity (Wildman–Crippen MR) is 78.3 cm³/mol. The first-order valence-electron chi connectivity index (χ1n) is 6.76. The summed E-state index contributed by atoms with van der Waals surface area (Å²) in [5, 5.41) is 2.88. The van der Waals surface area contributed by atoms with Crippen molar-refractivity contribution < 1.29 is 9.18 Å². The summed E-state index contributed by atoms with van der Waals surface area (Å²) >= 11 is 5.67. The Hall–Kier alpha value is -1.17. The number of nitrogens with zero attached hydrogens (tertiary/aromatic N) is 1. The molecule has 1 unspecified atom stereocenters. The number of carbonyl (C=O) groups is 1. The number of nitrogens with one attached hydrogen (secondary N) is 1. The molecule has 20 heavy (non-hydrogen) atoms. The van der Waals surface area contributed by atoms with Gasteiger partial charge >= 0.3 is 0 Å². The molecule has 0 bridgehead atoms. The summed E-state index contributed by atoms with van der Waals surface area (Å²) in [7, 11) is 0. The second-order valence-electron chi connectivity index (χ2n) is 5.15. The van der Waals surface area contributed by atoms with Crippen LogP contribution in [-0.4, -0.2) is 37.0 Å². The van der Waals surface area contributed by atoms with E-state index in [1.54, 1.807) is 6.07 Å². The maximum atomic E-state index is 13.6.